The molecule has 0 amide bonds. The molecule has 2 aromatic rings. The molecule has 0 aliphatic carbocycles. The smallest absolute Gasteiger partial charge is 0.0660 e. The maximum atomic E-state index is 4.24. The van der Waals surface area contributed by atoms with Crippen molar-refractivity contribution in [2.45, 2.75) is 33.2 Å². The molecule has 0 atom stereocenters. The number of hydrogen-bond acceptors (Lipinski definition) is 2. The molecule has 0 aliphatic rings. The van der Waals surface area contributed by atoms with Crippen LogP contribution in [0.1, 0.15) is 32.3 Å². The van der Waals surface area contributed by atoms with Crippen LogP contribution in [0.25, 0.3) is 0 Å². The van der Waals surface area contributed by atoms with E-state index < -0.39 is 0 Å². The van der Waals surface area contributed by atoms with Gasteiger partial charge in [-0.2, -0.15) is 5.10 Å². The van der Waals surface area contributed by atoms with Crippen LogP contribution in [0.5, 0.6) is 0 Å². The number of benzene rings is 1. The van der Waals surface area contributed by atoms with Crippen LogP contribution in [0.2, 0.25) is 0 Å². The normalized spacial score (nSPS) is 10.9. The first-order chi connectivity index (χ1) is 9.31. The first kappa shape index (κ1) is 13.7. The molecule has 1 aromatic carbocycles. The molecule has 0 aliphatic heterocycles. The zero-order valence-corrected chi connectivity index (χ0v) is 11.8. The summed E-state index contributed by atoms with van der Waals surface area (Å²) in [6, 6.07) is 10.5. The van der Waals surface area contributed by atoms with Gasteiger partial charge in [-0.1, -0.05) is 38.8 Å². The van der Waals surface area contributed by atoms with Gasteiger partial charge in [0.25, 0.3) is 0 Å². The van der Waals surface area contributed by atoms with Crippen LogP contribution in [0, 0.1) is 5.92 Å². The Morgan fingerprint density at radius 2 is 2.05 bits per heavy atom. The van der Waals surface area contributed by atoms with Gasteiger partial charge in [-0.15, -0.1) is 0 Å². The van der Waals surface area contributed by atoms with Crippen LogP contribution >= 0.6 is 0 Å². The molecule has 0 saturated heterocycles. The van der Waals surface area contributed by atoms with Gasteiger partial charge in [-0.3, -0.25) is 4.68 Å². The lowest BCUT2D eigenvalue weighted by Crippen LogP contribution is -2.12. The molecule has 0 bridgehead atoms. The minimum Gasteiger partial charge on any atom is -0.385 e. The molecule has 1 aromatic heterocycles. The molecule has 3 nitrogen and oxygen atoms in total. The molecule has 0 unspecified atom stereocenters. The predicted molar refractivity (Wildman–Crippen MR) is 80.3 cm³/mol. The van der Waals surface area contributed by atoms with Gasteiger partial charge < -0.3 is 5.32 Å². The Kier molecular flexibility index (Phi) is 5.01. The molecule has 0 spiro atoms. The molecule has 102 valence electrons. The summed E-state index contributed by atoms with van der Waals surface area (Å²) in [7, 11) is 0. The van der Waals surface area contributed by atoms with E-state index in [9.17, 15) is 0 Å². The summed E-state index contributed by atoms with van der Waals surface area (Å²) in [5, 5.41) is 7.78. The first-order valence-electron chi connectivity index (χ1n) is 7.12. The monoisotopic (exact) mass is 257 g/mol. The lowest BCUT2D eigenvalue weighted by Gasteiger charge is -2.15. The quantitative estimate of drug-likeness (QED) is 0.818. The second-order valence-corrected chi connectivity index (χ2v) is 4.97. The third-order valence-electron chi connectivity index (χ3n) is 3.58. The first-order valence-corrected chi connectivity index (χ1v) is 7.12. The van der Waals surface area contributed by atoms with E-state index in [0.717, 1.165) is 19.0 Å². The van der Waals surface area contributed by atoms with E-state index in [4.69, 9.17) is 0 Å². The summed E-state index contributed by atoms with van der Waals surface area (Å²) >= 11 is 0. The van der Waals surface area contributed by atoms with E-state index in [0.29, 0.717) is 0 Å². The Hall–Kier alpha value is -1.77. The molecule has 0 saturated carbocycles. The SMILES string of the molecule is CCC(CC)CNc1cccc(Cn2cccn2)c1. The van der Waals surface area contributed by atoms with Gasteiger partial charge in [0.2, 0.25) is 0 Å². The summed E-state index contributed by atoms with van der Waals surface area (Å²) in [6.07, 6.45) is 6.27. The summed E-state index contributed by atoms with van der Waals surface area (Å²) in [4.78, 5) is 0. The molecule has 0 radical (unpaired) electrons. The van der Waals surface area contributed by atoms with Gasteiger partial charge in [0.1, 0.15) is 0 Å². The van der Waals surface area contributed by atoms with Crippen molar-refractivity contribution >= 4 is 5.69 Å². The fourth-order valence-corrected chi connectivity index (χ4v) is 2.20. The molecule has 1 heterocycles. The van der Waals surface area contributed by atoms with Gasteiger partial charge in [-0.25, -0.2) is 0 Å². The fraction of sp³-hybridized carbons (Fsp3) is 0.438. The van der Waals surface area contributed by atoms with Gasteiger partial charge in [-0.05, 0) is 29.7 Å². The highest BCUT2D eigenvalue weighted by molar-refractivity contribution is 5.45. The van der Waals surface area contributed by atoms with Gasteiger partial charge >= 0.3 is 0 Å². The van der Waals surface area contributed by atoms with Gasteiger partial charge in [0.15, 0.2) is 0 Å². The zero-order valence-electron chi connectivity index (χ0n) is 11.8. The maximum Gasteiger partial charge on any atom is 0.0660 e. The molecular formula is C16H23N3. The van der Waals surface area contributed by atoms with Crippen LogP contribution < -0.4 is 5.32 Å². The van der Waals surface area contributed by atoms with Crippen molar-refractivity contribution in [3.8, 4) is 0 Å². The minimum atomic E-state index is 0.759. The molecule has 19 heavy (non-hydrogen) atoms. The van der Waals surface area contributed by atoms with E-state index in [1.165, 1.54) is 24.1 Å². The number of aromatic nitrogens is 2. The largest absolute Gasteiger partial charge is 0.385 e. The van der Waals surface area contributed by atoms with Crippen LogP contribution in [0.4, 0.5) is 5.69 Å². The number of nitrogens with zero attached hydrogens (tertiary/aromatic N) is 2. The molecule has 2 rings (SSSR count). The van der Waals surface area contributed by atoms with Crippen LogP contribution in [0.15, 0.2) is 42.7 Å². The van der Waals surface area contributed by atoms with E-state index in [-0.39, 0.29) is 0 Å². The Balaban J connectivity index is 1.95. The highest BCUT2D eigenvalue weighted by Gasteiger charge is 2.03. The van der Waals surface area contributed by atoms with E-state index in [1.54, 1.807) is 0 Å². The minimum absolute atomic E-state index is 0.759. The van der Waals surface area contributed by atoms with E-state index in [1.807, 2.05) is 23.1 Å². The third-order valence-corrected chi connectivity index (χ3v) is 3.58. The summed E-state index contributed by atoms with van der Waals surface area (Å²) in [5.74, 6) is 0.759. The van der Waals surface area contributed by atoms with Crippen LogP contribution in [-0.2, 0) is 6.54 Å². The van der Waals surface area contributed by atoms with Gasteiger partial charge in [0, 0.05) is 24.6 Å². The average molecular weight is 257 g/mol. The highest BCUT2D eigenvalue weighted by Crippen LogP contribution is 2.14. The summed E-state index contributed by atoms with van der Waals surface area (Å²) < 4.78 is 1.94. The highest BCUT2D eigenvalue weighted by atomic mass is 15.3. The van der Waals surface area contributed by atoms with Crippen molar-refractivity contribution in [3.05, 3.63) is 48.3 Å². The Morgan fingerprint density at radius 1 is 1.21 bits per heavy atom. The average Bonchev–Trinajstić information content (AvgIpc) is 2.93. The Labute approximate surface area is 115 Å². The van der Waals surface area contributed by atoms with Crippen molar-refractivity contribution in [1.29, 1.82) is 0 Å². The summed E-state index contributed by atoms with van der Waals surface area (Å²) in [5.41, 5.74) is 2.48. The number of rotatable bonds is 7. The van der Waals surface area contributed by atoms with Gasteiger partial charge in [0.05, 0.1) is 6.54 Å². The predicted octanol–water partition coefficient (Wildman–Crippen LogP) is 3.78. The van der Waals surface area contributed by atoms with Crippen molar-refractivity contribution in [2.75, 3.05) is 11.9 Å². The van der Waals surface area contributed by atoms with Crippen molar-refractivity contribution in [1.82, 2.24) is 9.78 Å². The second kappa shape index (κ2) is 6.98. The number of nitrogens with one attached hydrogen (secondary N) is 1. The Bertz CT molecular complexity index is 472. The maximum absolute atomic E-state index is 4.24. The van der Waals surface area contributed by atoms with E-state index >= 15 is 0 Å². The van der Waals surface area contributed by atoms with Crippen LogP contribution in [0.3, 0.4) is 0 Å². The van der Waals surface area contributed by atoms with E-state index in [2.05, 4.69) is 48.5 Å². The lowest BCUT2D eigenvalue weighted by atomic mass is 10.0. The van der Waals surface area contributed by atoms with Crippen molar-refractivity contribution in [3.63, 3.8) is 0 Å². The zero-order chi connectivity index (χ0) is 13.5. The molecule has 1 N–H and O–H groups in total. The molecule has 3 heteroatoms. The number of anilines is 1. The molecular weight excluding hydrogens is 234 g/mol. The Morgan fingerprint density at radius 3 is 2.74 bits per heavy atom. The van der Waals surface area contributed by atoms with Crippen LogP contribution in [-0.4, -0.2) is 16.3 Å². The summed E-state index contributed by atoms with van der Waals surface area (Å²) in [6.45, 7) is 6.39. The second-order valence-electron chi connectivity index (χ2n) is 4.97. The fourth-order valence-electron chi connectivity index (χ4n) is 2.20. The third kappa shape index (κ3) is 4.12. The standard InChI is InChI=1S/C16H23N3/c1-3-14(4-2)12-17-16-8-5-7-15(11-16)13-19-10-6-9-18-19/h5-11,14,17H,3-4,12-13H2,1-2H3. The lowest BCUT2D eigenvalue weighted by molar-refractivity contribution is 0.519. The molecule has 0 fully saturated rings. The topological polar surface area (TPSA) is 29.9 Å². The van der Waals surface area contributed by atoms with Crippen molar-refractivity contribution in [2.24, 2.45) is 5.92 Å². The number of hydrogen-bond donors (Lipinski definition) is 1. The van der Waals surface area contributed by atoms with Crippen molar-refractivity contribution < 1.29 is 0 Å².